The average molecular weight is 545 g/mol. The van der Waals surface area contributed by atoms with E-state index in [1.54, 1.807) is 11.8 Å². The van der Waals surface area contributed by atoms with E-state index >= 15 is 0 Å². The van der Waals surface area contributed by atoms with Crippen molar-refractivity contribution in [1.82, 2.24) is 20.3 Å². The standard InChI is InChI=1S/C31H36N4O5/c1-35-31-27(33-34-35)16-23(17-28(31)38-2)26(18-30(37)39-3)21-11-10-20-12-13-25(15-22(20)14-21)40-19-29(36)32-24-8-6-4-5-7-9-24/h10-17,24,26H,4-9,18-19H2,1-3H3,(H,32,36). The maximum absolute atomic E-state index is 12.5. The molecule has 0 radical (unpaired) electrons. The van der Waals surface area contributed by atoms with E-state index in [0.29, 0.717) is 17.0 Å². The lowest BCUT2D eigenvalue weighted by atomic mass is 9.87. The van der Waals surface area contributed by atoms with Crippen LogP contribution in [-0.2, 0) is 21.4 Å². The first-order chi connectivity index (χ1) is 19.4. The minimum atomic E-state index is -0.319. The predicted octanol–water partition coefficient (Wildman–Crippen LogP) is 5.04. The summed E-state index contributed by atoms with van der Waals surface area (Å²) in [4.78, 5) is 25.0. The summed E-state index contributed by atoms with van der Waals surface area (Å²) in [6.07, 6.45) is 7.02. The molecular weight excluding hydrogens is 508 g/mol. The molecule has 0 spiro atoms. The van der Waals surface area contributed by atoms with Crippen LogP contribution in [0.3, 0.4) is 0 Å². The van der Waals surface area contributed by atoms with Crippen LogP contribution in [0.4, 0.5) is 0 Å². The Kier molecular flexibility index (Phi) is 8.48. The second-order valence-electron chi connectivity index (χ2n) is 10.4. The molecule has 1 unspecified atom stereocenters. The van der Waals surface area contributed by atoms with Gasteiger partial charge in [0.1, 0.15) is 22.5 Å². The maximum Gasteiger partial charge on any atom is 0.306 e. The first-order valence-corrected chi connectivity index (χ1v) is 13.8. The van der Waals surface area contributed by atoms with Crippen molar-refractivity contribution in [3.8, 4) is 11.5 Å². The highest BCUT2D eigenvalue weighted by atomic mass is 16.5. The minimum Gasteiger partial charge on any atom is -0.494 e. The minimum absolute atomic E-state index is 0.0232. The first kappa shape index (κ1) is 27.4. The number of amides is 1. The number of fused-ring (bicyclic) bond motifs is 2. The Bertz CT molecular complexity index is 1510. The van der Waals surface area contributed by atoms with Gasteiger partial charge in [-0.1, -0.05) is 55.2 Å². The number of hydrogen-bond donors (Lipinski definition) is 1. The smallest absolute Gasteiger partial charge is 0.306 e. The number of aromatic nitrogens is 3. The summed E-state index contributed by atoms with van der Waals surface area (Å²) in [7, 11) is 4.81. The second kappa shape index (κ2) is 12.4. The van der Waals surface area contributed by atoms with Crippen LogP contribution in [0.5, 0.6) is 11.5 Å². The van der Waals surface area contributed by atoms with Crippen LogP contribution >= 0.6 is 0 Å². The fraction of sp³-hybridized carbons (Fsp3) is 0.419. The molecule has 40 heavy (non-hydrogen) atoms. The molecule has 1 aromatic heterocycles. The summed E-state index contributed by atoms with van der Waals surface area (Å²) in [6, 6.07) is 16.0. The number of methoxy groups -OCH3 is 2. The van der Waals surface area contributed by atoms with Gasteiger partial charge < -0.3 is 19.5 Å². The van der Waals surface area contributed by atoms with Gasteiger partial charge in [0.15, 0.2) is 6.61 Å². The molecule has 1 aliphatic rings. The van der Waals surface area contributed by atoms with Crippen molar-refractivity contribution in [2.75, 3.05) is 20.8 Å². The molecule has 1 amide bonds. The number of rotatable bonds is 9. The molecule has 1 atom stereocenters. The average Bonchev–Trinajstić information content (AvgIpc) is 3.16. The van der Waals surface area contributed by atoms with Crippen LogP contribution in [0.25, 0.3) is 21.8 Å². The van der Waals surface area contributed by atoms with E-state index in [1.165, 1.54) is 20.0 Å². The fourth-order valence-electron chi connectivity index (χ4n) is 5.60. The number of benzene rings is 3. The molecule has 0 saturated heterocycles. The lowest BCUT2D eigenvalue weighted by Crippen LogP contribution is -2.37. The van der Waals surface area contributed by atoms with E-state index in [4.69, 9.17) is 14.2 Å². The molecule has 4 aromatic rings. The van der Waals surface area contributed by atoms with Crippen molar-refractivity contribution in [2.45, 2.75) is 56.9 Å². The number of hydrogen-bond acceptors (Lipinski definition) is 7. The van der Waals surface area contributed by atoms with Crippen molar-refractivity contribution in [3.63, 3.8) is 0 Å². The van der Waals surface area contributed by atoms with Gasteiger partial charge in [-0.15, -0.1) is 5.10 Å². The Hall–Kier alpha value is -4.14. The normalized spacial score (nSPS) is 15.0. The van der Waals surface area contributed by atoms with Crippen LogP contribution in [0.15, 0.2) is 48.5 Å². The quantitative estimate of drug-likeness (QED) is 0.232. The van der Waals surface area contributed by atoms with Crippen LogP contribution in [0.2, 0.25) is 0 Å². The summed E-state index contributed by atoms with van der Waals surface area (Å²) in [5.74, 6) is 0.542. The zero-order valence-corrected chi connectivity index (χ0v) is 23.3. The van der Waals surface area contributed by atoms with Crippen molar-refractivity contribution in [3.05, 3.63) is 59.7 Å². The van der Waals surface area contributed by atoms with Gasteiger partial charge in [-0.25, -0.2) is 4.68 Å². The van der Waals surface area contributed by atoms with Gasteiger partial charge in [0, 0.05) is 19.0 Å². The molecule has 9 nitrogen and oxygen atoms in total. The molecule has 210 valence electrons. The van der Waals surface area contributed by atoms with E-state index in [2.05, 4.69) is 21.7 Å². The van der Waals surface area contributed by atoms with E-state index in [0.717, 1.165) is 53.1 Å². The Morgan fingerprint density at radius 1 is 0.975 bits per heavy atom. The highest BCUT2D eigenvalue weighted by Gasteiger charge is 2.23. The van der Waals surface area contributed by atoms with E-state index in [9.17, 15) is 9.59 Å². The molecule has 9 heteroatoms. The number of nitrogens with zero attached hydrogens (tertiary/aromatic N) is 3. The summed E-state index contributed by atoms with van der Waals surface area (Å²) in [6.45, 7) is -0.0232. The summed E-state index contributed by atoms with van der Waals surface area (Å²) < 4.78 is 18.2. The molecule has 1 aliphatic carbocycles. The van der Waals surface area contributed by atoms with Crippen LogP contribution in [-0.4, -0.2) is 53.7 Å². The highest BCUT2D eigenvalue weighted by molar-refractivity contribution is 5.86. The summed E-state index contributed by atoms with van der Waals surface area (Å²) in [5, 5.41) is 13.5. The Morgan fingerprint density at radius 3 is 2.50 bits per heavy atom. The third kappa shape index (κ3) is 6.19. The third-order valence-corrected chi connectivity index (χ3v) is 7.74. The van der Waals surface area contributed by atoms with Crippen LogP contribution in [0.1, 0.15) is 62.0 Å². The molecule has 0 aliphatic heterocycles. The van der Waals surface area contributed by atoms with Gasteiger partial charge in [-0.2, -0.15) is 0 Å². The molecule has 5 rings (SSSR count). The molecule has 1 fully saturated rings. The first-order valence-electron chi connectivity index (χ1n) is 13.8. The lowest BCUT2D eigenvalue weighted by Gasteiger charge is -2.19. The van der Waals surface area contributed by atoms with Crippen molar-refractivity contribution in [1.29, 1.82) is 0 Å². The fourth-order valence-corrected chi connectivity index (χ4v) is 5.60. The number of nitrogens with one attached hydrogen (secondary N) is 1. The number of carbonyl (C=O) groups excluding carboxylic acids is 2. The van der Waals surface area contributed by atoms with E-state index in [-0.39, 0.29) is 36.9 Å². The number of carbonyl (C=O) groups is 2. The Morgan fingerprint density at radius 2 is 1.75 bits per heavy atom. The monoisotopic (exact) mass is 544 g/mol. The van der Waals surface area contributed by atoms with Gasteiger partial charge in [0.05, 0.1) is 20.6 Å². The van der Waals surface area contributed by atoms with Gasteiger partial charge in [-0.3, -0.25) is 9.59 Å². The van der Waals surface area contributed by atoms with Crippen molar-refractivity contribution < 1.29 is 23.8 Å². The lowest BCUT2D eigenvalue weighted by molar-refractivity contribution is -0.140. The zero-order chi connectivity index (χ0) is 28.1. The van der Waals surface area contributed by atoms with Crippen molar-refractivity contribution >= 4 is 33.7 Å². The highest BCUT2D eigenvalue weighted by Crippen LogP contribution is 2.36. The molecule has 1 heterocycles. The third-order valence-electron chi connectivity index (χ3n) is 7.74. The molecule has 1 N–H and O–H groups in total. The van der Waals surface area contributed by atoms with Gasteiger partial charge in [-0.05, 0) is 59.0 Å². The van der Waals surface area contributed by atoms with Gasteiger partial charge in [0.2, 0.25) is 0 Å². The Labute approximate surface area is 233 Å². The molecule has 0 bridgehead atoms. The summed E-state index contributed by atoms with van der Waals surface area (Å²) in [5.41, 5.74) is 3.28. The number of aryl methyl sites for hydroxylation is 1. The van der Waals surface area contributed by atoms with Crippen LogP contribution < -0.4 is 14.8 Å². The topological polar surface area (TPSA) is 105 Å². The number of esters is 1. The Balaban J connectivity index is 1.39. The largest absolute Gasteiger partial charge is 0.494 e. The summed E-state index contributed by atoms with van der Waals surface area (Å²) >= 11 is 0. The predicted molar refractivity (Wildman–Crippen MR) is 153 cm³/mol. The molecular formula is C31H36N4O5. The van der Waals surface area contributed by atoms with E-state index in [1.807, 2.05) is 49.5 Å². The molecule has 1 saturated carbocycles. The van der Waals surface area contributed by atoms with Crippen LogP contribution in [0, 0.1) is 0 Å². The van der Waals surface area contributed by atoms with Gasteiger partial charge in [0.25, 0.3) is 5.91 Å². The SMILES string of the molecule is COC(=O)CC(c1ccc2ccc(OCC(=O)NC3CCCCCC3)cc2c1)c1cc(OC)c2c(c1)nnn2C. The second-order valence-corrected chi connectivity index (χ2v) is 10.4. The van der Waals surface area contributed by atoms with E-state index < -0.39 is 0 Å². The number of ether oxygens (including phenoxy) is 3. The molecule has 3 aromatic carbocycles. The zero-order valence-electron chi connectivity index (χ0n) is 23.3. The van der Waals surface area contributed by atoms with Gasteiger partial charge >= 0.3 is 5.97 Å². The van der Waals surface area contributed by atoms with Crippen molar-refractivity contribution in [2.24, 2.45) is 7.05 Å². The maximum atomic E-state index is 12.5.